The number of hydrogen-bond donors (Lipinski definition) is 2. The minimum atomic E-state index is -0.193. The number of nitrogens with two attached hydrogens (primary N) is 1. The van der Waals surface area contributed by atoms with Crippen molar-refractivity contribution in [1.29, 1.82) is 0 Å². The number of aromatic nitrogens is 2. The van der Waals surface area contributed by atoms with Crippen molar-refractivity contribution in [3.05, 3.63) is 35.2 Å². The average Bonchev–Trinajstić information content (AvgIpc) is 2.52. The van der Waals surface area contributed by atoms with E-state index in [0.717, 1.165) is 48.6 Å². The lowest BCUT2D eigenvalue weighted by atomic mass is 10.0. The van der Waals surface area contributed by atoms with Crippen LogP contribution in [0.3, 0.4) is 0 Å². The fourth-order valence-electron chi connectivity index (χ4n) is 2.74. The topological polar surface area (TPSA) is 75.3 Å². The first-order valence-corrected chi connectivity index (χ1v) is 7.74. The molecule has 0 amide bonds. The number of piperidine rings is 1. The largest absolute Gasteiger partial charge is 0.396 e. The summed E-state index contributed by atoms with van der Waals surface area (Å²) >= 11 is 5.96. The second-order valence-electron chi connectivity index (χ2n) is 5.62. The number of nitrogen functional groups attached to an aromatic ring is 1. The normalized spacial score (nSPS) is 16.0. The number of rotatable bonds is 2. The zero-order chi connectivity index (χ0) is 15.7. The maximum absolute atomic E-state index is 9.62. The smallest absolute Gasteiger partial charge is 0.152 e. The first kappa shape index (κ1) is 15.1. The van der Waals surface area contributed by atoms with Gasteiger partial charge in [-0.3, -0.25) is 0 Å². The number of nitrogens with zero attached hydrogens (tertiary/aromatic N) is 3. The first-order valence-electron chi connectivity index (χ1n) is 7.36. The van der Waals surface area contributed by atoms with Gasteiger partial charge in [0.15, 0.2) is 5.15 Å². The molecule has 3 rings (SSSR count). The Hall–Kier alpha value is -1.85. The van der Waals surface area contributed by atoms with Crippen molar-refractivity contribution in [2.45, 2.75) is 25.9 Å². The van der Waals surface area contributed by atoms with Gasteiger partial charge < -0.3 is 15.7 Å². The molecular weight excluding hydrogens is 300 g/mol. The van der Waals surface area contributed by atoms with E-state index in [-0.39, 0.29) is 6.10 Å². The highest BCUT2D eigenvalue weighted by molar-refractivity contribution is 6.31. The predicted octanol–water partition coefficient (Wildman–Crippen LogP) is 2.65. The lowest BCUT2D eigenvalue weighted by Crippen LogP contribution is -2.36. The summed E-state index contributed by atoms with van der Waals surface area (Å²) in [5, 5.41) is 9.95. The van der Waals surface area contributed by atoms with Crippen molar-refractivity contribution in [3.8, 4) is 11.1 Å². The summed E-state index contributed by atoms with van der Waals surface area (Å²) in [4.78, 5) is 10.9. The molecule has 1 fully saturated rings. The van der Waals surface area contributed by atoms with Gasteiger partial charge in [-0.25, -0.2) is 9.97 Å². The van der Waals surface area contributed by atoms with Crippen LogP contribution in [0.5, 0.6) is 0 Å². The van der Waals surface area contributed by atoms with Gasteiger partial charge in [0, 0.05) is 30.5 Å². The van der Waals surface area contributed by atoms with Crippen LogP contribution in [0, 0.1) is 6.92 Å². The molecule has 0 saturated carbocycles. The van der Waals surface area contributed by atoms with Crippen LogP contribution in [0.25, 0.3) is 11.1 Å². The molecular formula is C16H19ClN4O. The molecule has 0 spiro atoms. The van der Waals surface area contributed by atoms with Crippen molar-refractivity contribution >= 4 is 23.1 Å². The lowest BCUT2D eigenvalue weighted by molar-refractivity contribution is 0.145. The van der Waals surface area contributed by atoms with Crippen LogP contribution in [-0.4, -0.2) is 34.3 Å². The van der Waals surface area contributed by atoms with Gasteiger partial charge in [-0.2, -0.15) is 0 Å². The quantitative estimate of drug-likeness (QED) is 0.833. The summed E-state index contributed by atoms with van der Waals surface area (Å²) in [6.45, 7) is 3.55. The number of pyridine rings is 2. The van der Waals surface area contributed by atoms with Crippen molar-refractivity contribution in [3.63, 3.8) is 0 Å². The summed E-state index contributed by atoms with van der Waals surface area (Å²) in [5.74, 6) is 0.914. The number of halogens is 1. The maximum Gasteiger partial charge on any atom is 0.152 e. The maximum atomic E-state index is 9.62. The molecule has 0 atom stereocenters. The molecule has 1 aliphatic rings. The number of aliphatic hydroxyl groups is 1. The molecule has 5 nitrogen and oxygen atoms in total. The van der Waals surface area contributed by atoms with Gasteiger partial charge >= 0.3 is 0 Å². The third kappa shape index (κ3) is 3.00. The van der Waals surface area contributed by atoms with Crippen molar-refractivity contribution < 1.29 is 5.11 Å². The van der Waals surface area contributed by atoms with Gasteiger partial charge in [0.2, 0.25) is 0 Å². The van der Waals surface area contributed by atoms with E-state index >= 15 is 0 Å². The van der Waals surface area contributed by atoms with Crippen molar-refractivity contribution in [2.24, 2.45) is 0 Å². The van der Waals surface area contributed by atoms with Crippen molar-refractivity contribution in [1.82, 2.24) is 9.97 Å². The number of aliphatic hydroxyl groups excluding tert-OH is 1. The van der Waals surface area contributed by atoms with Crippen molar-refractivity contribution in [2.75, 3.05) is 23.7 Å². The second kappa shape index (κ2) is 6.10. The van der Waals surface area contributed by atoms with Crippen LogP contribution in [-0.2, 0) is 0 Å². The van der Waals surface area contributed by atoms with E-state index in [2.05, 4.69) is 14.9 Å². The highest BCUT2D eigenvalue weighted by Gasteiger charge is 2.18. The molecule has 0 bridgehead atoms. The van der Waals surface area contributed by atoms with Gasteiger partial charge in [0.1, 0.15) is 5.82 Å². The van der Waals surface area contributed by atoms with E-state index in [1.165, 1.54) is 0 Å². The Labute approximate surface area is 134 Å². The lowest BCUT2D eigenvalue weighted by Gasteiger charge is -2.30. The Morgan fingerprint density at radius 3 is 2.77 bits per heavy atom. The fraction of sp³-hybridized carbons (Fsp3) is 0.375. The summed E-state index contributed by atoms with van der Waals surface area (Å²) in [6, 6.07) is 5.83. The van der Waals surface area contributed by atoms with Crippen LogP contribution in [0.15, 0.2) is 24.4 Å². The van der Waals surface area contributed by atoms with E-state index in [1.807, 2.05) is 25.1 Å². The second-order valence-corrected chi connectivity index (χ2v) is 5.98. The minimum Gasteiger partial charge on any atom is -0.396 e. The van der Waals surface area contributed by atoms with Gasteiger partial charge in [0.25, 0.3) is 0 Å². The van der Waals surface area contributed by atoms with Gasteiger partial charge in [-0.1, -0.05) is 11.6 Å². The summed E-state index contributed by atoms with van der Waals surface area (Å²) in [5.41, 5.74) is 9.17. The first-order chi connectivity index (χ1) is 10.5. The van der Waals surface area contributed by atoms with E-state index in [1.54, 1.807) is 6.20 Å². The van der Waals surface area contributed by atoms with Gasteiger partial charge in [0.05, 0.1) is 11.8 Å². The molecule has 116 valence electrons. The predicted molar refractivity (Wildman–Crippen MR) is 89.1 cm³/mol. The van der Waals surface area contributed by atoms with Crippen LogP contribution >= 0.6 is 11.6 Å². The SMILES string of the molecule is Cc1nc(Cl)c(N)cc1-c1ccnc(N2CCC(O)CC2)c1. The molecule has 0 unspecified atom stereocenters. The van der Waals surface area contributed by atoms with E-state index in [0.29, 0.717) is 10.8 Å². The average molecular weight is 319 g/mol. The zero-order valence-corrected chi connectivity index (χ0v) is 13.2. The van der Waals surface area contributed by atoms with Crippen LogP contribution in [0.4, 0.5) is 11.5 Å². The highest BCUT2D eigenvalue weighted by atomic mass is 35.5. The Kier molecular flexibility index (Phi) is 4.18. The van der Waals surface area contributed by atoms with E-state index in [9.17, 15) is 5.11 Å². The minimum absolute atomic E-state index is 0.193. The Morgan fingerprint density at radius 2 is 2.05 bits per heavy atom. The molecule has 6 heteroatoms. The summed E-state index contributed by atoms with van der Waals surface area (Å²) in [7, 11) is 0. The highest BCUT2D eigenvalue weighted by Crippen LogP contribution is 2.30. The standard InChI is InChI=1S/C16H19ClN4O/c1-10-13(9-14(18)16(17)20-10)11-2-5-19-15(8-11)21-6-3-12(22)4-7-21/h2,5,8-9,12,22H,3-4,6-7,18H2,1H3. The van der Waals surface area contributed by atoms with E-state index in [4.69, 9.17) is 17.3 Å². The zero-order valence-electron chi connectivity index (χ0n) is 12.5. The third-order valence-electron chi connectivity index (χ3n) is 4.04. The van der Waals surface area contributed by atoms with Gasteiger partial charge in [-0.15, -0.1) is 0 Å². The molecule has 3 heterocycles. The Morgan fingerprint density at radius 1 is 1.32 bits per heavy atom. The fourth-order valence-corrected chi connectivity index (χ4v) is 2.92. The van der Waals surface area contributed by atoms with Crippen LogP contribution in [0.1, 0.15) is 18.5 Å². The Bertz CT molecular complexity index is 684. The molecule has 0 aliphatic carbocycles. The molecule has 0 aromatic carbocycles. The monoisotopic (exact) mass is 318 g/mol. The molecule has 2 aromatic heterocycles. The molecule has 1 aliphatic heterocycles. The van der Waals surface area contributed by atoms with Gasteiger partial charge in [-0.05, 0) is 43.5 Å². The number of hydrogen-bond acceptors (Lipinski definition) is 5. The molecule has 3 N–H and O–H groups in total. The molecule has 22 heavy (non-hydrogen) atoms. The summed E-state index contributed by atoms with van der Waals surface area (Å²) in [6.07, 6.45) is 3.16. The van der Waals surface area contributed by atoms with Crippen LogP contribution < -0.4 is 10.6 Å². The third-order valence-corrected chi connectivity index (χ3v) is 4.34. The number of anilines is 2. The Balaban J connectivity index is 1.93. The van der Waals surface area contributed by atoms with E-state index < -0.39 is 0 Å². The molecule has 1 saturated heterocycles. The summed E-state index contributed by atoms with van der Waals surface area (Å²) < 4.78 is 0. The molecule has 0 radical (unpaired) electrons. The molecule has 2 aromatic rings. The van der Waals surface area contributed by atoms with Crippen LogP contribution in [0.2, 0.25) is 5.15 Å². The number of aryl methyl sites for hydroxylation is 1.